The van der Waals surface area contributed by atoms with Crippen LogP contribution >= 0.6 is 0 Å². The van der Waals surface area contributed by atoms with Gasteiger partial charge in [-0.1, -0.05) is 6.92 Å². The lowest BCUT2D eigenvalue weighted by Gasteiger charge is -2.44. The molecule has 3 heterocycles. The van der Waals surface area contributed by atoms with Gasteiger partial charge in [0.15, 0.2) is 0 Å². The number of piperidine rings is 1. The van der Waals surface area contributed by atoms with Crippen molar-refractivity contribution in [3.8, 4) is 0 Å². The predicted molar refractivity (Wildman–Crippen MR) is 116 cm³/mol. The number of rotatable bonds is 5. The van der Waals surface area contributed by atoms with Gasteiger partial charge in [-0.15, -0.1) is 0 Å². The fourth-order valence-electron chi connectivity index (χ4n) is 4.75. The Balaban J connectivity index is 1.37. The van der Waals surface area contributed by atoms with Crippen LogP contribution < -0.4 is 15.1 Å². The molecule has 1 aromatic carbocycles. The number of carbonyl (C=O) groups is 2. The number of anilines is 2. The van der Waals surface area contributed by atoms with Crippen molar-refractivity contribution in [2.75, 3.05) is 69.2 Å². The fourth-order valence-corrected chi connectivity index (χ4v) is 4.75. The van der Waals surface area contributed by atoms with E-state index in [1.165, 1.54) is 0 Å². The number of amides is 2. The van der Waals surface area contributed by atoms with Crippen LogP contribution in [0, 0.1) is 0 Å². The second-order valence-corrected chi connectivity index (χ2v) is 8.34. The minimum atomic E-state index is -0.0680. The Morgan fingerprint density at radius 2 is 1.83 bits per heavy atom. The Kier molecular flexibility index (Phi) is 6.06. The summed E-state index contributed by atoms with van der Waals surface area (Å²) >= 11 is 0. The second-order valence-electron chi connectivity index (χ2n) is 8.34. The van der Waals surface area contributed by atoms with Gasteiger partial charge in [0.25, 0.3) is 5.91 Å². The Hall–Kier alpha value is -2.12. The third kappa shape index (κ3) is 4.12. The molecule has 29 heavy (non-hydrogen) atoms. The number of carbonyl (C=O) groups excluding carboxylic acids is 2. The Labute approximate surface area is 173 Å². The van der Waals surface area contributed by atoms with Crippen molar-refractivity contribution in [1.29, 1.82) is 0 Å². The summed E-state index contributed by atoms with van der Waals surface area (Å²) < 4.78 is 0. The summed E-state index contributed by atoms with van der Waals surface area (Å²) in [6.45, 7) is 10.1. The van der Waals surface area contributed by atoms with Crippen molar-refractivity contribution in [3.63, 3.8) is 0 Å². The van der Waals surface area contributed by atoms with Gasteiger partial charge in [0.05, 0.1) is 11.4 Å². The van der Waals surface area contributed by atoms with Gasteiger partial charge >= 0.3 is 0 Å². The molecule has 2 amide bonds. The summed E-state index contributed by atoms with van der Waals surface area (Å²) in [5, 5.41) is 3.05. The molecule has 1 atom stereocenters. The first-order chi connectivity index (χ1) is 14.1. The highest BCUT2D eigenvalue weighted by molar-refractivity contribution is 6.07. The van der Waals surface area contributed by atoms with Gasteiger partial charge in [-0.05, 0) is 44.0 Å². The third-order valence-electron chi connectivity index (χ3n) is 6.65. The maximum atomic E-state index is 12.8. The van der Waals surface area contributed by atoms with Gasteiger partial charge in [-0.25, -0.2) is 0 Å². The number of piperazine rings is 1. The van der Waals surface area contributed by atoms with E-state index in [0.717, 1.165) is 76.5 Å². The van der Waals surface area contributed by atoms with Crippen LogP contribution in [0.3, 0.4) is 0 Å². The molecule has 4 rings (SSSR count). The lowest BCUT2D eigenvalue weighted by molar-refractivity contribution is -0.120. The summed E-state index contributed by atoms with van der Waals surface area (Å²) in [6, 6.07) is 5.72. The Morgan fingerprint density at radius 1 is 1.07 bits per heavy atom. The quantitative estimate of drug-likeness (QED) is 0.811. The van der Waals surface area contributed by atoms with Gasteiger partial charge in [-0.3, -0.25) is 14.5 Å². The van der Waals surface area contributed by atoms with E-state index >= 15 is 0 Å². The van der Waals surface area contributed by atoms with Gasteiger partial charge in [0.1, 0.15) is 6.04 Å². The number of nitrogens with one attached hydrogen (secondary N) is 1. The highest BCUT2D eigenvalue weighted by Gasteiger charge is 2.38. The molecule has 1 aromatic rings. The van der Waals surface area contributed by atoms with E-state index in [-0.39, 0.29) is 17.9 Å². The van der Waals surface area contributed by atoms with Crippen LogP contribution in [0.2, 0.25) is 0 Å². The Morgan fingerprint density at radius 3 is 2.59 bits per heavy atom. The van der Waals surface area contributed by atoms with Crippen molar-refractivity contribution in [1.82, 2.24) is 15.1 Å². The minimum Gasteiger partial charge on any atom is -0.358 e. The molecule has 0 saturated carbocycles. The van der Waals surface area contributed by atoms with Crippen LogP contribution in [0.25, 0.3) is 0 Å². The molecular formula is C22H33N5O2. The number of fused-ring (bicyclic) bond motifs is 3. The number of nitrogens with zero attached hydrogens (tertiary/aromatic N) is 4. The van der Waals surface area contributed by atoms with Gasteiger partial charge < -0.3 is 20.0 Å². The van der Waals surface area contributed by atoms with E-state index in [1.807, 2.05) is 25.2 Å². The lowest BCUT2D eigenvalue weighted by Crippen LogP contribution is -2.54. The minimum absolute atomic E-state index is 0.0471. The normalized spacial score (nSPS) is 23.0. The molecule has 0 unspecified atom stereocenters. The maximum Gasteiger partial charge on any atom is 0.251 e. The second kappa shape index (κ2) is 8.71. The molecule has 0 aromatic heterocycles. The molecule has 0 bridgehead atoms. The molecule has 1 N–H and O–H groups in total. The van der Waals surface area contributed by atoms with Gasteiger partial charge in [-0.2, -0.15) is 0 Å². The summed E-state index contributed by atoms with van der Waals surface area (Å²) in [4.78, 5) is 34.3. The van der Waals surface area contributed by atoms with Gasteiger partial charge in [0.2, 0.25) is 5.91 Å². The molecule has 0 radical (unpaired) electrons. The highest BCUT2D eigenvalue weighted by atomic mass is 16.2. The Bertz CT molecular complexity index is 760. The third-order valence-corrected chi connectivity index (χ3v) is 6.65. The molecule has 0 spiro atoms. The first-order valence-corrected chi connectivity index (χ1v) is 11.0. The standard InChI is InChI=1S/C22H33N5O2/c1-3-25-12-14-26(15-13-25)11-9-23-21(28)17-7-8-18-20(16-17)24(2)22(29)19-6-4-5-10-27(18)19/h7-8,16,19H,3-6,9-15H2,1-2H3,(H,23,28)/t19-/m1/s1. The first-order valence-electron chi connectivity index (χ1n) is 11.0. The zero-order valence-corrected chi connectivity index (χ0v) is 17.7. The average Bonchev–Trinajstić information content (AvgIpc) is 2.77. The summed E-state index contributed by atoms with van der Waals surface area (Å²) in [5.74, 6) is 0.0718. The molecule has 158 valence electrons. The molecule has 0 aliphatic carbocycles. The summed E-state index contributed by atoms with van der Waals surface area (Å²) in [5.41, 5.74) is 2.54. The van der Waals surface area contributed by atoms with E-state index in [0.29, 0.717) is 12.1 Å². The monoisotopic (exact) mass is 399 g/mol. The van der Waals surface area contributed by atoms with Crippen LogP contribution in [-0.4, -0.2) is 87.1 Å². The van der Waals surface area contributed by atoms with E-state index in [4.69, 9.17) is 0 Å². The maximum absolute atomic E-state index is 12.8. The zero-order valence-electron chi connectivity index (χ0n) is 17.7. The van der Waals surface area contributed by atoms with Crippen molar-refractivity contribution < 1.29 is 9.59 Å². The van der Waals surface area contributed by atoms with Crippen molar-refractivity contribution in [3.05, 3.63) is 23.8 Å². The van der Waals surface area contributed by atoms with Crippen LogP contribution in [0.5, 0.6) is 0 Å². The zero-order chi connectivity index (χ0) is 20.4. The van der Waals surface area contributed by atoms with Gasteiger partial charge in [0, 0.05) is 58.4 Å². The summed E-state index contributed by atoms with van der Waals surface area (Å²) in [6.07, 6.45) is 3.13. The molecule has 7 nitrogen and oxygen atoms in total. The molecule has 3 aliphatic rings. The van der Waals surface area contributed by atoms with E-state index in [1.54, 1.807) is 4.90 Å². The molecular weight excluding hydrogens is 366 g/mol. The first kappa shape index (κ1) is 20.2. The largest absolute Gasteiger partial charge is 0.358 e. The van der Waals surface area contributed by atoms with Crippen molar-refractivity contribution in [2.24, 2.45) is 0 Å². The fraction of sp³-hybridized carbons (Fsp3) is 0.636. The van der Waals surface area contributed by atoms with Crippen molar-refractivity contribution >= 4 is 23.2 Å². The number of hydrogen-bond donors (Lipinski definition) is 1. The molecule has 2 fully saturated rings. The molecule has 2 saturated heterocycles. The number of likely N-dealkylation sites (N-methyl/N-ethyl adjacent to an activating group) is 2. The molecule has 7 heteroatoms. The number of benzene rings is 1. The van der Waals surface area contributed by atoms with Crippen LogP contribution in [0.15, 0.2) is 18.2 Å². The van der Waals surface area contributed by atoms with Crippen LogP contribution in [-0.2, 0) is 4.79 Å². The highest BCUT2D eigenvalue weighted by Crippen LogP contribution is 2.39. The average molecular weight is 400 g/mol. The topological polar surface area (TPSA) is 59.1 Å². The van der Waals surface area contributed by atoms with E-state index in [9.17, 15) is 9.59 Å². The number of hydrogen-bond acceptors (Lipinski definition) is 5. The van der Waals surface area contributed by atoms with Crippen molar-refractivity contribution in [2.45, 2.75) is 32.2 Å². The van der Waals surface area contributed by atoms with E-state index < -0.39 is 0 Å². The van der Waals surface area contributed by atoms with Crippen LogP contribution in [0.1, 0.15) is 36.5 Å². The summed E-state index contributed by atoms with van der Waals surface area (Å²) in [7, 11) is 1.82. The van der Waals surface area contributed by atoms with Crippen LogP contribution in [0.4, 0.5) is 11.4 Å². The molecule has 3 aliphatic heterocycles. The SMILES string of the molecule is CCN1CCN(CCNC(=O)c2ccc3c(c2)N(C)C(=O)[C@H]2CCCCN32)CC1. The smallest absolute Gasteiger partial charge is 0.251 e. The lowest BCUT2D eigenvalue weighted by atomic mass is 9.96. The van der Waals surface area contributed by atoms with E-state index in [2.05, 4.69) is 26.9 Å². The predicted octanol–water partition coefficient (Wildman–Crippen LogP) is 1.39.